The Balaban J connectivity index is 2.11. The molecule has 0 aromatic carbocycles. The van der Waals surface area contributed by atoms with Crippen LogP contribution in [-0.2, 0) is 7.05 Å². The third-order valence-electron chi connectivity index (χ3n) is 2.76. The van der Waals surface area contributed by atoms with E-state index in [1.807, 2.05) is 19.1 Å². The highest BCUT2D eigenvalue weighted by molar-refractivity contribution is 5.98. The third-order valence-corrected chi connectivity index (χ3v) is 2.76. The first kappa shape index (κ1) is 12.1. The quantitative estimate of drug-likeness (QED) is 0.840. The number of nitrogens with one attached hydrogen (secondary N) is 1. The predicted octanol–water partition coefficient (Wildman–Crippen LogP) is 0.888. The van der Waals surface area contributed by atoms with E-state index in [-0.39, 0.29) is 11.9 Å². The fraction of sp³-hybridized carbons (Fsp3) is 0.250. The molecule has 94 valence electrons. The molecule has 0 aliphatic rings. The predicted molar refractivity (Wildman–Crippen MR) is 67.7 cm³/mol. The lowest BCUT2D eigenvalue weighted by atomic mass is 10.1. The zero-order chi connectivity index (χ0) is 13.1. The molecule has 0 aliphatic heterocycles. The van der Waals surface area contributed by atoms with Crippen LogP contribution >= 0.6 is 0 Å². The fourth-order valence-corrected chi connectivity index (χ4v) is 1.61. The van der Waals surface area contributed by atoms with Crippen molar-refractivity contribution in [3.05, 3.63) is 41.9 Å². The molecule has 2 aromatic heterocycles. The van der Waals surface area contributed by atoms with E-state index in [1.54, 1.807) is 19.4 Å². The van der Waals surface area contributed by atoms with Crippen molar-refractivity contribution in [3.63, 3.8) is 0 Å². The number of amides is 1. The van der Waals surface area contributed by atoms with Crippen molar-refractivity contribution in [3.8, 4) is 0 Å². The van der Waals surface area contributed by atoms with Crippen LogP contribution in [0.4, 0.5) is 5.82 Å². The minimum atomic E-state index is -0.239. The lowest BCUT2D eigenvalue weighted by Crippen LogP contribution is -2.27. The molecule has 2 rings (SSSR count). The lowest BCUT2D eigenvalue weighted by molar-refractivity contribution is 0.0940. The van der Waals surface area contributed by atoms with Crippen LogP contribution in [0.1, 0.15) is 28.9 Å². The summed E-state index contributed by atoms with van der Waals surface area (Å²) >= 11 is 0. The highest BCUT2D eigenvalue weighted by Crippen LogP contribution is 2.14. The van der Waals surface area contributed by atoms with Gasteiger partial charge in [0.1, 0.15) is 11.4 Å². The molecule has 0 radical (unpaired) electrons. The summed E-state index contributed by atoms with van der Waals surface area (Å²) in [5.74, 6) is 0.114. The van der Waals surface area contributed by atoms with E-state index in [9.17, 15) is 4.79 Å². The summed E-state index contributed by atoms with van der Waals surface area (Å²) in [6, 6.07) is 3.60. The van der Waals surface area contributed by atoms with E-state index >= 15 is 0 Å². The van der Waals surface area contributed by atoms with Crippen molar-refractivity contribution in [2.45, 2.75) is 13.0 Å². The Bertz CT molecular complexity index is 549. The maximum atomic E-state index is 12.0. The van der Waals surface area contributed by atoms with E-state index in [1.165, 1.54) is 10.9 Å². The monoisotopic (exact) mass is 245 g/mol. The first-order chi connectivity index (χ1) is 8.59. The van der Waals surface area contributed by atoms with Gasteiger partial charge in [-0.2, -0.15) is 5.10 Å². The number of carbonyl (C=O) groups excluding carboxylic acids is 1. The molecule has 1 atom stereocenters. The number of anilines is 1. The van der Waals surface area contributed by atoms with Crippen molar-refractivity contribution in [1.82, 2.24) is 20.1 Å². The van der Waals surface area contributed by atoms with Crippen LogP contribution in [-0.4, -0.2) is 20.7 Å². The van der Waals surface area contributed by atoms with Gasteiger partial charge in [-0.1, -0.05) is 6.07 Å². The Hall–Kier alpha value is -2.37. The van der Waals surface area contributed by atoms with E-state index in [2.05, 4.69) is 15.4 Å². The highest BCUT2D eigenvalue weighted by atomic mass is 16.1. The summed E-state index contributed by atoms with van der Waals surface area (Å²) in [6.07, 6.45) is 4.87. The first-order valence-electron chi connectivity index (χ1n) is 5.58. The van der Waals surface area contributed by atoms with Gasteiger partial charge in [0.25, 0.3) is 5.91 Å². The van der Waals surface area contributed by atoms with Gasteiger partial charge in [0.15, 0.2) is 0 Å². The number of nitrogens with two attached hydrogens (primary N) is 1. The number of carbonyl (C=O) groups is 1. The van der Waals surface area contributed by atoms with Crippen LogP contribution in [0.25, 0.3) is 0 Å². The molecule has 0 bridgehead atoms. The van der Waals surface area contributed by atoms with Crippen LogP contribution in [0.5, 0.6) is 0 Å². The Kier molecular flexibility index (Phi) is 3.27. The Morgan fingerprint density at radius 2 is 2.28 bits per heavy atom. The number of aromatic nitrogens is 3. The van der Waals surface area contributed by atoms with E-state index in [0.717, 1.165) is 5.56 Å². The zero-order valence-corrected chi connectivity index (χ0v) is 10.3. The van der Waals surface area contributed by atoms with Crippen molar-refractivity contribution >= 4 is 11.7 Å². The number of rotatable bonds is 3. The summed E-state index contributed by atoms with van der Waals surface area (Å²) in [4.78, 5) is 16.0. The molecule has 0 saturated carbocycles. The van der Waals surface area contributed by atoms with Gasteiger partial charge in [0, 0.05) is 19.4 Å². The molecule has 0 fully saturated rings. The number of pyridine rings is 1. The summed E-state index contributed by atoms with van der Waals surface area (Å²) in [7, 11) is 1.69. The molecule has 1 amide bonds. The lowest BCUT2D eigenvalue weighted by Gasteiger charge is -2.13. The molecule has 3 N–H and O–H groups in total. The van der Waals surface area contributed by atoms with Crippen LogP contribution in [0, 0.1) is 0 Å². The average molecular weight is 245 g/mol. The molecular weight excluding hydrogens is 230 g/mol. The second-order valence-corrected chi connectivity index (χ2v) is 4.05. The molecule has 6 nitrogen and oxygen atoms in total. The fourth-order valence-electron chi connectivity index (χ4n) is 1.61. The number of hydrogen-bond acceptors (Lipinski definition) is 4. The van der Waals surface area contributed by atoms with Gasteiger partial charge in [0.05, 0.1) is 12.2 Å². The molecule has 2 aromatic rings. The van der Waals surface area contributed by atoms with Gasteiger partial charge in [-0.05, 0) is 18.6 Å². The van der Waals surface area contributed by atoms with Crippen LogP contribution in [0.2, 0.25) is 0 Å². The number of nitrogens with zero attached hydrogens (tertiary/aromatic N) is 3. The maximum Gasteiger partial charge on any atom is 0.257 e. The number of aryl methyl sites for hydroxylation is 1. The molecule has 0 saturated heterocycles. The third kappa shape index (κ3) is 2.32. The summed E-state index contributed by atoms with van der Waals surface area (Å²) in [5.41, 5.74) is 7.07. The largest absolute Gasteiger partial charge is 0.383 e. The molecule has 6 heteroatoms. The minimum absolute atomic E-state index is 0.134. The Labute approximate surface area is 105 Å². The van der Waals surface area contributed by atoms with Crippen LogP contribution in [0.15, 0.2) is 30.7 Å². The number of nitrogen functional groups attached to an aromatic ring is 1. The minimum Gasteiger partial charge on any atom is -0.383 e. The van der Waals surface area contributed by atoms with Gasteiger partial charge in [0.2, 0.25) is 0 Å². The maximum absolute atomic E-state index is 12.0. The van der Waals surface area contributed by atoms with Crippen LogP contribution < -0.4 is 11.1 Å². The van der Waals surface area contributed by atoms with E-state index in [0.29, 0.717) is 11.4 Å². The second-order valence-electron chi connectivity index (χ2n) is 4.05. The Morgan fingerprint density at radius 1 is 1.50 bits per heavy atom. The molecule has 2 heterocycles. The highest BCUT2D eigenvalue weighted by Gasteiger charge is 2.16. The molecular formula is C12H15N5O. The second kappa shape index (κ2) is 4.87. The standard InChI is InChI=1S/C12H15N5O/c1-8(9-4-3-5-14-6-9)16-12(18)10-7-15-17(2)11(10)13/h3-8H,13H2,1-2H3,(H,16,18). The summed E-state index contributed by atoms with van der Waals surface area (Å²) in [6.45, 7) is 1.89. The van der Waals surface area contributed by atoms with Gasteiger partial charge >= 0.3 is 0 Å². The molecule has 0 aliphatic carbocycles. The zero-order valence-electron chi connectivity index (χ0n) is 10.3. The van der Waals surface area contributed by atoms with Crippen molar-refractivity contribution < 1.29 is 4.79 Å². The van der Waals surface area contributed by atoms with Crippen LogP contribution in [0.3, 0.4) is 0 Å². The summed E-state index contributed by atoms with van der Waals surface area (Å²) < 4.78 is 1.46. The SMILES string of the molecule is CC(NC(=O)c1cnn(C)c1N)c1cccnc1. The average Bonchev–Trinajstić information content (AvgIpc) is 2.71. The van der Waals surface area contributed by atoms with E-state index in [4.69, 9.17) is 5.73 Å². The van der Waals surface area contributed by atoms with Crippen molar-refractivity contribution in [2.75, 3.05) is 5.73 Å². The molecule has 1 unspecified atom stereocenters. The normalized spacial score (nSPS) is 12.1. The van der Waals surface area contributed by atoms with Gasteiger partial charge in [-0.15, -0.1) is 0 Å². The smallest absolute Gasteiger partial charge is 0.257 e. The molecule has 18 heavy (non-hydrogen) atoms. The summed E-state index contributed by atoms with van der Waals surface area (Å²) in [5, 5.41) is 6.79. The van der Waals surface area contributed by atoms with E-state index < -0.39 is 0 Å². The van der Waals surface area contributed by atoms with Gasteiger partial charge in [-0.3, -0.25) is 14.5 Å². The number of hydrogen-bond donors (Lipinski definition) is 2. The van der Waals surface area contributed by atoms with Gasteiger partial charge < -0.3 is 11.1 Å². The van der Waals surface area contributed by atoms with Crippen molar-refractivity contribution in [2.24, 2.45) is 7.05 Å². The Morgan fingerprint density at radius 3 is 2.83 bits per heavy atom. The van der Waals surface area contributed by atoms with Gasteiger partial charge in [-0.25, -0.2) is 0 Å². The molecule has 0 spiro atoms. The topological polar surface area (TPSA) is 85.8 Å². The first-order valence-corrected chi connectivity index (χ1v) is 5.58. The van der Waals surface area contributed by atoms with Crippen molar-refractivity contribution in [1.29, 1.82) is 0 Å².